The fraction of sp³-hybridized carbons (Fsp3) is 0. The van der Waals surface area contributed by atoms with Crippen molar-refractivity contribution in [2.45, 2.75) is 0 Å². The maximum absolute atomic E-state index is 10.3. The van der Waals surface area contributed by atoms with E-state index in [4.69, 9.17) is 5.73 Å². The Balaban J connectivity index is 0. The van der Waals surface area contributed by atoms with Crippen LogP contribution in [0.1, 0.15) is 0 Å². The highest BCUT2D eigenvalue weighted by Gasteiger charge is 2.06. The summed E-state index contributed by atoms with van der Waals surface area (Å²) in [6.07, 6.45) is 0. The van der Waals surface area contributed by atoms with Crippen molar-refractivity contribution in [1.82, 2.24) is 0 Å². The molecule has 0 heterocycles. The molecule has 0 saturated heterocycles. The van der Waals surface area contributed by atoms with Crippen LogP contribution in [0.2, 0.25) is 0 Å². The van der Waals surface area contributed by atoms with Crippen molar-refractivity contribution >= 4 is 163 Å². The number of non-ortho nitro benzene ring substituents is 1. The molecule has 0 aliphatic carbocycles. The molecular weight excluding hydrogens is 1090 g/mol. The van der Waals surface area contributed by atoms with Crippen molar-refractivity contribution < 1.29 is 4.92 Å². The minimum atomic E-state index is -0.385. The standard InChI is InChI=1S/C6H3I2NO2.C6H5I2N.I2.HI/c7-4-1-5(8)3-6(2-4)9(10)11;7-4-1-5(8)3-6(9)2-4;1-2;/h1-3H;1-3H,9H2;;1H. The molecule has 2 aromatic carbocycles. The van der Waals surface area contributed by atoms with Gasteiger partial charge in [0.15, 0.2) is 0 Å². The lowest BCUT2D eigenvalue weighted by Crippen LogP contribution is -1.88. The molecule has 2 N–H and O–H groups in total. The number of halogens is 7. The number of hydrogen-bond donors (Lipinski definition) is 1. The highest BCUT2D eigenvalue weighted by atomic mass is 128. The van der Waals surface area contributed by atoms with Gasteiger partial charge in [0, 0.05) is 69.3 Å². The number of benzene rings is 2. The number of nitro benzene ring substituents is 1. The number of hydrogen-bond acceptors (Lipinski definition) is 3. The van der Waals surface area contributed by atoms with Crippen molar-refractivity contribution in [3.05, 3.63) is 60.8 Å². The van der Waals surface area contributed by atoms with Gasteiger partial charge < -0.3 is 5.73 Å². The average Bonchev–Trinajstić information content (AvgIpc) is 2.38. The Labute approximate surface area is 229 Å². The van der Waals surface area contributed by atoms with Crippen LogP contribution < -0.4 is 5.73 Å². The Kier molecular flexibility index (Phi) is 19.2. The summed E-state index contributed by atoms with van der Waals surface area (Å²) < 4.78 is 4.16. The summed E-state index contributed by atoms with van der Waals surface area (Å²) in [4.78, 5) is 9.92. The van der Waals surface area contributed by atoms with Crippen LogP contribution in [0.3, 0.4) is 0 Å². The SMILES string of the molecule is I.II.Nc1cc(I)cc(I)c1.O=[N+]([O-])c1cc(I)cc(I)c1. The summed E-state index contributed by atoms with van der Waals surface area (Å²) in [7, 11) is 0. The van der Waals surface area contributed by atoms with Crippen molar-refractivity contribution in [1.29, 1.82) is 0 Å². The number of nitrogens with zero attached hydrogens (tertiary/aromatic N) is 1. The molecule has 0 amide bonds. The van der Waals surface area contributed by atoms with E-state index in [9.17, 15) is 10.1 Å². The third kappa shape index (κ3) is 13.5. The number of nitrogens with two attached hydrogens (primary N) is 1. The van der Waals surface area contributed by atoms with E-state index in [-0.39, 0.29) is 34.6 Å². The zero-order valence-electron chi connectivity index (χ0n) is 11.0. The van der Waals surface area contributed by atoms with Gasteiger partial charge >= 0.3 is 0 Å². The normalized spacial score (nSPS) is 8.61. The summed E-state index contributed by atoms with van der Waals surface area (Å²) in [5, 5.41) is 10.3. The second kappa shape index (κ2) is 15.8. The predicted octanol–water partition coefficient (Wildman–Crippen LogP) is 7.67. The molecule has 0 radical (unpaired) electrons. The van der Waals surface area contributed by atoms with Gasteiger partial charge in [-0.05, 0) is 115 Å². The number of nitro groups is 1. The van der Waals surface area contributed by atoms with Gasteiger partial charge in [-0.3, -0.25) is 10.1 Å². The fourth-order valence-electron chi connectivity index (χ4n) is 1.22. The second-order valence-electron chi connectivity index (χ2n) is 3.59. The minimum Gasteiger partial charge on any atom is -0.399 e. The molecule has 0 bridgehead atoms. The Bertz CT molecular complexity index is 570. The first-order valence-electron chi connectivity index (χ1n) is 5.24. The largest absolute Gasteiger partial charge is 0.399 e. The zero-order chi connectivity index (χ0) is 17.3. The molecule has 2 rings (SSSR count). The summed E-state index contributed by atoms with van der Waals surface area (Å²) in [6.45, 7) is 0. The molecule has 128 valence electrons. The van der Waals surface area contributed by atoms with E-state index in [0.29, 0.717) is 0 Å². The molecule has 0 atom stereocenters. The third-order valence-corrected chi connectivity index (χ3v) is 4.43. The Morgan fingerprint density at radius 2 is 1.09 bits per heavy atom. The first-order chi connectivity index (χ1) is 10.3. The van der Waals surface area contributed by atoms with Crippen LogP contribution in [0.25, 0.3) is 0 Å². The maximum Gasteiger partial charge on any atom is 0.271 e. The lowest BCUT2D eigenvalue weighted by molar-refractivity contribution is -0.385. The Hall–Kier alpha value is 2.75. The summed E-state index contributed by atoms with van der Waals surface area (Å²) in [5.74, 6) is 0. The Morgan fingerprint density at radius 3 is 1.35 bits per heavy atom. The van der Waals surface area contributed by atoms with Crippen molar-refractivity contribution in [2.75, 3.05) is 5.73 Å². The predicted molar refractivity (Wildman–Crippen MR) is 158 cm³/mol. The molecule has 0 saturated carbocycles. The average molecular weight is 1100 g/mol. The summed E-state index contributed by atoms with van der Waals surface area (Å²) >= 11 is 12.8. The van der Waals surface area contributed by atoms with E-state index < -0.39 is 0 Å². The molecule has 0 aliphatic rings. The highest BCUT2D eigenvalue weighted by Crippen LogP contribution is 2.19. The maximum atomic E-state index is 10.3. The van der Waals surface area contributed by atoms with Gasteiger partial charge in [0.05, 0.1) is 4.92 Å². The van der Waals surface area contributed by atoms with Crippen LogP contribution >= 0.6 is 152 Å². The molecular formula is C12H9I7N2O2. The number of rotatable bonds is 1. The van der Waals surface area contributed by atoms with Gasteiger partial charge in [-0.25, -0.2) is 0 Å². The van der Waals surface area contributed by atoms with Crippen molar-refractivity contribution in [2.24, 2.45) is 0 Å². The fourth-order valence-corrected chi connectivity index (χ4v) is 5.11. The molecule has 2 aromatic rings. The molecule has 23 heavy (non-hydrogen) atoms. The lowest BCUT2D eigenvalue weighted by atomic mass is 10.3. The summed E-state index contributed by atoms with van der Waals surface area (Å²) in [6, 6.07) is 10.9. The first kappa shape index (κ1) is 28.0. The molecule has 0 unspecified atom stereocenters. The lowest BCUT2D eigenvalue weighted by Gasteiger charge is -1.94. The molecule has 0 spiro atoms. The van der Waals surface area contributed by atoms with Gasteiger partial charge in [0.25, 0.3) is 5.69 Å². The molecule has 0 aliphatic heterocycles. The monoisotopic (exact) mass is 1100 g/mol. The second-order valence-corrected chi connectivity index (χ2v) is 8.57. The highest BCUT2D eigenvalue weighted by molar-refractivity contribution is 15.0. The van der Waals surface area contributed by atoms with Crippen LogP contribution in [0.4, 0.5) is 11.4 Å². The molecule has 0 aromatic heterocycles. The van der Waals surface area contributed by atoms with Gasteiger partial charge in [-0.15, -0.1) is 24.0 Å². The minimum absolute atomic E-state index is 0. The van der Waals surface area contributed by atoms with E-state index in [1.165, 1.54) is 7.14 Å². The van der Waals surface area contributed by atoms with Crippen molar-refractivity contribution in [3.63, 3.8) is 0 Å². The van der Waals surface area contributed by atoms with E-state index in [0.717, 1.165) is 12.8 Å². The summed E-state index contributed by atoms with van der Waals surface area (Å²) in [5.41, 5.74) is 6.54. The zero-order valence-corrected chi connectivity index (χ0v) is 26.3. The van der Waals surface area contributed by atoms with E-state index in [1.807, 2.05) is 18.2 Å². The van der Waals surface area contributed by atoms with Crippen LogP contribution in [0, 0.1) is 24.4 Å². The van der Waals surface area contributed by atoms with E-state index >= 15 is 0 Å². The van der Waals surface area contributed by atoms with Gasteiger partial charge in [-0.2, -0.15) is 0 Å². The van der Waals surface area contributed by atoms with E-state index in [1.54, 1.807) is 12.1 Å². The topological polar surface area (TPSA) is 69.2 Å². The van der Waals surface area contributed by atoms with Crippen LogP contribution in [-0.2, 0) is 0 Å². The smallest absolute Gasteiger partial charge is 0.271 e. The van der Waals surface area contributed by atoms with Gasteiger partial charge in [0.1, 0.15) is 0 Å². The number of anilines is 1. The van der Waals surface area contributed by atoms with Crippen LogP contribution in [0.5, 0.6) is 0 Å². The van der Waals surface area contributed by atoms with Crippen molar-refractivity contribution in [3.8, 4) is 0 Å². The first-order valence-corrected chi connectivity index (χ1v) is 15.8. The number of nitrogen functional groups attached to an aromatic ring is 1. The van der Waals surface area contributed by atoms with Crippen LogP contribution in [0.15, 0.2) is 36.4 Å². The van der Waals surface area contributed by atoms with E-state index in [2.05, 4.69) is 134 Å². The van der Waals surface area contributed by atoms with Crippen LogP contribution in [-0.4, -0.2) is 4.92 Å². The van der Waals surface area contributed by atoms with Gasteiger partial charge in [0.2, 0.25) is 0 Å². The Morgan fingerprint density at radius 1 is 0.783 bits per heavy atom. The van der Waals surface area contributed by atoms with Gasteiger partial charge in [-0.1, -0.05) is 0 Å². The third-order valence-electron chi connectivity index (χ3n) is 1.94. The molecule has 4 nitrogen and oxygen atoms in total. The molecule has 11 heteroatoms. The molecule has 0 fully saturated rings. The quantitative estimate of drug-likeness (QED) is 0.138.